The Labute approximate surface area is 139 Å². The van der Waals surface area contributed by atoms with Crippen molar-refractivity contribution in [3.8, 4) is 0 Å². The number of aromatic nitrogens is 2. The third kappa shape index (κ3) is 5.44. The molecule has 0 bridgehead atoms. The van der Waals surface area contributed by atoms with Crippen molar-refractivity contribution in [2.24, 2.45) is 0 Å². The van der Waals surface area contributed by atoms with Gasteiger partial charge < -0.3 is 20.7 Å². The summed E-state index contributed by atoms with van der Waals surface area (Å²) >= 11 is 10.9. The van der Waals surface area contributed by atoms with Crippen molar-refractivity contribution in [1.82, 2.24) is 15.5 Å². The smallest absolute Gasteiger partial charge is 0.170 e. The van der Waals surface area contributed by atoms with Gasteiger partial charge in [-0.2, -0.15) is 0 Å². The van der Waals surface area contributed by atoms with E-state index in [0.717, 1.165) is 11.4 Å². The molecule has 0 amide bonds. The van der Waals surface area contributed by atoms with Crippen LogP contribution in [0.4, 0.5) is 17.2 Å². The molecule has 1 aromatic carbocycles. The number of nitrogens with one attached hydrogen (secondary N) is 3. The van der Waals surface area contributed by atoms with Gasteiger partial charge >= 0.3 is 0 Å². The third-order valence-electron chi connectivity index (χ3n) is 2.64. The lowest BCUT2D eigenvalue weighted by Gasteiger charge is -2.11. The van der Waals surface area contributed by atoms with E-state index >= 15 is 0 Å². The highest BCUT2D eigenvalue weighted by atomic mass is 35.5. The minimum absolute atomic E-state index is 0.361. The van der Waals surface area contributed by atoms with Crippen LogP contribution in [-0.4, -0.2) is 35.6 Å². The minimum Gasteiger partial charge on any atom is -0.383 e. The maximum atomic E-state index is 5.69. The summed E-state index contributed by atoms with van der Waals surface area (Å²) in [6.45, 7) is 1.27. The molecular weight excluding hydrogens is 322 g/mol. The highest BCUT2D eigenvalue weighted by molar-refractivity contribution is 7.80. The molecule has 6 nitrogen and oxygen atoms in total. The summed E-state index contributed by atoms with van der Waals surface area (Å²) in [7, 11) is 1.65. The zero-order valence-corrected chi connectivity index (χ0v) is 13.5. The molecule has 0 spiro atoms. The van der Waals surface area contributed by atoms with Gasteiger partial charge in [-0.3, -0.25) is 0 Å². The van der Waals surface area contributed by atoms with Crippen molar-refractivity contribution < 1.29 is 4.74 Å². The fourth-order valence-electron chi connectivity index (χ4n) is 1.61. The predicted octanol–water partition coefficient (Wildman–Crippen LogP) is 2.81. The number of benzene rings is 1. The number of anilines is 3. The van der Waals surface area contributed by atoms with Crippen molar-refractivity contribution in [2.45, 2.75) is 0 Å². The molecule has 8 heteroatoms. The largest absolute Gasteiger partial charge is 0.383 e. The molecule has 0 aliphatic carbocycles. The second kappa shape index (κ2) is 8.47. The fraction of sp³-hybridized carbons (Fsp3) is 0.214. The summed E-state index contributed by atoms with van der Waals surface area (Å²) in [6.07, 6.45) is 0. The molecule has 1 aromatic heterocycles. The van der Waals surface area contributed by atoms with Gasteiger partial charge in [0.1, 0.15) is 0 Å². The van der Waals surface area contributed by atoms with Crippen LogP contribution in [0.1, 0.15) is 0 Å². The van der Waals surface area contributed by atoms with E-state index in [2.05, 4.69) is 26.1 Å². The summed E-state index contributed by atoms with van der Waals surface area (Å²) in [5, 5.41) is 17.9. The number of methoxy groups -OCH3 is 1. The molecule has 0 saturated heterocycles. The molecule has 0 aliphatic rings. The van der Waals surface area contributed by atoms with Crippen molar-refractivity contribution in [1.29, 1.82) is 0 Å². The Kier molecular flexibility index (Phi) is 6.32. The van der Waals surface area contributed by atoms with E-state index in [9.17, 15) is 0 Å². The van der Waals surface area contributed by atoms with Crippen molar-refractivity contribution >= 4 is 46.1 Å². The van der Waals surface area contributed by atoms with E-state index in [1.807, 2.05) is 24.3 Å². The lowest BCUT2D eigenvalue weighted by molar-refractivity contribution is 0.204. The standard InChI is InChI=1S/C14H16ClN5OS/c1-21-9-8-16-14(22)18-11-4-2-10(3-5-11)17-13-7-6-12(15)19-20-13/h2-7H,8-9H2,1H3,(H,17,20)(H2,16,18,22). The van der Waals surface area contributed by atoms with Gasteiger partial charge in [0.15, 0.2) is 16.1 Å². The van der Waals surface area contributed by atoms with Gasteiger partial charge in [0.2, 0.25) is 0 Å². The van der Waals surface area contributed by atoms with Crippen molar-refractivity contribution in [2.75, 3.05) is 30.9 Å². The van der Waals surface area contributed by atoms with E-state index in [-0.39, 0.29) is 0 Å². The van der Waals surface area contributed by atoms with Gasteiger partial charge in [-0.15, -0.1) is 10.2 Å². The minimum atomic E-state index is 0.361. The van der Waals surface area contributed by atoms with Crippen LogP contribution in [0.3, 0.4) is 0 Å². The molecule has 0 fully saturated rings. The summed E-state index contributed by atoms with van der Waals surface area (Å²) < 4.78 is 4.94. The molecule has 22 heavy (non-hydrogen) atoms. The number of nitrogens with zero attached hydrogens (tertiary/aromatic N) is 2. The predicted molar refractivity (Wildman–Crippen MR) is 92.9 cm³/mol. The zero-order chi connectivity index (χ0) is 15.8. The quantitative estimate of drug-likeness (QED) is 0.553. The average Bonchev–Trinajstić information content (AvgIpc) is 2.52. The molecule has 116 valence electrons. The first-order chi connectivity index (χ1) is 10.7. The van der Waals surface area contributed by atoms with E-state index in [1.165, 1.54) is 0 Å². The molecule has 0 atom stereocenters. The number of halogens is 1. The number of hydrogen-bond donors (Lipinski definition) is 3. The Morgan fingerprint density at radius 1 is 1.14 bits per heavy atom. The number of ether oxygens (including phenoxy) is 1. The molecule has 2 rings (SSSR count). The second-order valence-electron chi connectivity index (χ2n) is 4.32. The number of thiocarbonyl (C=S) groups is 1. The maximum absolute atomic E-state index is 5.69. The van der Waals surface area contributed by atoms with Gasteiger partial charge in [0.25, 0.3) is 0 Å². The van der Waals surface area contributed by atoms with Crippen molar-refractivity contribution in [3.05, 3.63) is 41.6 Å². The van der Waals surface area contributed by atoms with Gasteiger partial charge in [-0.25, -0.2) is 0 Å². The van der Waals surface area contributed by atoms with Crippen LogP contribution in [-0.2, 0) is 4.74 Å². The van der Waals surface area contributed by atoms with E-state index in [1.54, 1.807) is 19.2 Å². The molecule has 3 N–H and O–H groups in total. The topological polar surface area (TPSA) is 71.1 Å². The van der Waals surface area contributed by atoms with Crippen LogP contribution in [0.25, 0.3) is 0 Å². The van der Waals surface area contributed by atoms with Crippen LogP contribution in [0.5, 0.6) is 0 Å². The van der Waals surface area contributed by atoms with Crippen LogP contribution in [0.15, 0.2) is 36.4 Å². The number of hydrogen-bond acceptors (Lipinski definition) is 5. The Hall–Kier alpha value is -1.96. The normalized spacial score (nSPS) is 10.1. The SMILES string of the molecule is COCCNC(=S)Nc1ccc(Nc2ccc(Cl)nn2)cc1. The van der Waals surface area contributed by atoms with Gasteiger partial charge in [-0.1, -0.05) is 11.6 Å². The first-order valence-corrected chi connectivity index (χ1v) is 7.36. The lowest BCUT2D eigenvalue weighted by atomic mass is 10.3. The molecule has 2 aromatic rings. The van der Waals surface area contributed by atoms with E-state index in [4.69, 9.17) is 28.6 Å². The monoisotopic (exact) mass is 337 g/mol. The summed E-state index contributed by atoms with van der Waals surface area (Å²) in [5.74, 6) is 0.627. The highest BCUT2D eigenvalue weighted by Crippen LogP contribution is 2.17. The Morgan fingerprint density at radius 2 is 1.86 bits per heavy atom. The first kappa shape index (κ1) is 16.4. The van der Waals surface area contributed by atoms with E-state index in [0.29, 0.717) is 29.2 Å². The van der Waals surface area contributed by atoms with Crippen LogP contribution in [0.2, 0.25) is 5.15 Å². The van der Waals surface area contributed by atoms with Gasteiger partial charge in [0.05, 0.1) is 6.61 Å². The molecule has 1 heterocycles. The zero-order valence-electron chi connectivity index (χ0n) is 12.0. The summed E-state index contributed by atoms with van der Waals surface area (Å²) in [4.78, 5) is 0. The Morgan fingerprint density at radius 3 is 2.50 bits per heavy atom. The first-order valence-electron chi connectivity index (χ1n) is 6.57. The molecule has 0 aliphatic heterocycles. The molecule has 0 radical (unpaired) electrons. The summed E-state index contributed by atoms with van der Waals surface area (Å²) in [5.41, 5.74) is 1.78. The van der Waals surface area contributed by atoms with Crippen LogP contribution >= 0.6 is 23.8 Å². The molecule has 0 unspecified atom stereocenters. The second-order valence-corrected chi connectivity index (χ2v) is 5.11. The summed E-state index contributed by atoms with van der Waals surface area (Å²) in [6, 6.07) is 11.1. The van der Waals surface area contributed by atoms with Gasteiger partial charge in [0, 0.05) is 25.0 Å². The lowest BCUT2D eigenvalue weighted by Crippen LogP contribution is -2.31. The average molecular weight is 338 g/mol. The Balaban J connectivity index is 1.87. The van der Waals surface area contributed by atoms with Crippen molar-refractivity contribution in [3.63, 3.8) is 0 Å². The fourth-order valence-corrected chi connectivity index (χ4v) is 1.93. The third-order valence-corrected chi connectivity index (χ3v) is 3.09. The maximum Gasteiger partial charge on any atom is 0.170 e. The van der Waals surface area contributed by atoms with Crippen LogP contribution < -0.4 is 16.0 Å². The van der Waals surface area contributed by atoms with Crippen LogP contribution in [0, 0.1) is 0 Å². The Bertz CT molecular complexity index is 606. The van der Waals surface area contributed by atoms with Gasteiger partial charge in [-0.05, 0) is 48.6 Å². The number of rotatable bonds is 6. The molecule has 0 saturated carbocycles. The van der Waals surface area contributed by atoms with E-state index < -0.39 is 0 Å². The highest BCUT2D eigenvalue weighted by Gasteiger charge is 2.00. The molecular formula is C14H16ClN5OS.